The molecule has 1 aromatic heterocycles. The number of hydrogen-bond donors (Lipinski definition) is 3. The largest absolute Gasteiger partial charge is 0.394 e. The molecule has 1 aliphatic rings. The Morgan fingerprint density at radius 3 is 2.94 bits per heavy atom. The number of aliphatic hydroxyl groups excluding tert-OH is 2. The molecular weight excluding hydrogens is 244 g/mol. The molecule has 9 nitrogen and oxygen atoms in total. The Labute approximate surface area is 102 Å². The van der Waals surface area contributed by atoms with Crippen molar-refractivity contribution in [1.82, 2.24) is 14.6 Å². The van der Waals surface area contributed by atoms with Crippen LogP contribution >= 0.6 is 0 Å². The monoisotopic (exact) mass is 258 g/mol. The molecule has 100 valence electrons. The van der Waals surface area contributed by atoms with E-state index in [1.165, 1.54) is 19.4 Å². The second-order valence-corrected chi connectivity index (χ2v) is 3.68. The standard InChI is InChI=1S/C9H14N4O5/c1-17-13-7(15)5(4-14)18-9(13)12-3-2-6(10)11-8(12)16/h2-3,5,7,9,14-15H,4H2,1H3,(H2,10,11,16)/t5-,7-,9+/m1/s1. The van der Waals surface area contributed by atoms with Crippen LogP contribution in [0.3, 0.4) is 0 Å². The van der Waals surface area contributed by atoms with E-state index in [1.54, 1.807) is 0 Å². The predicted molar refractivity (Wildman–Crippen MR) is 58.8 cm³/mol. The number of hydrogen-bond acceptors (Lipinski definition) is 8. The molecule has 0 bridgehead atoms. The first-order valence-electron chi connectivity index (χ1n) is 5.20. The van der Waals surface area contributed by atoms with Crippen molar-refractivity contribution in [2.45, 2.75) is 18.7 Å². The summed E-state index contributed by atoms with van der Waals surface area (Å²) >= 11 is 0. The summed E-state index contributed by atoms with van der Waals surface area (Å²) in [7, 11) is 1.31. The lowest BCUT2D eigenvalue weighted by Crippen LogP contribution is -2.40. The van der Waals surface area contributed by atoms with Crippen molar-refractivity contribution in [3.63, 3.8) is 0 Å². The number of ether oxygens (including phenoxy) is 1. The first-order chi connectivity index (χ1) is 8.58. The molecule has 0 unspecified atom stereocenters. The Balaban J connectivity index is 2.35. The zero-order valence-electron chi connectivity index (χ0n) is 9.63. The Bertz CT molecular complexity index is 478. The van der Waals surface area contributed by atoms with Crippen molar-refractivity contribution in [1.29, 1.82) is 0 Å². The van der Waals surface area contributed by atoms with Gasteiger partial charge in [0.2, 0.25) is 6.35 Å². The van der Waals surface area contributed by atoms with Gasteiger partial charge in [-0.1, -0.05) is 0 Å². The molecule has 0 amide bonds. The fraction of sp³-hybridized carbons (Fsp3) is 0.556. The fourth-order valence-corrected chi connectivity index (χ4v) is 1.70. The van der Waals surface area contributed by atoms with Gasteiger partial charge in [0.15, 0.2) is 6.23 Å². The molecule has 0 radical (unpaired) electrons. The molecular formula is C9H14N4O5. The van der Waals surface area contributed by atoms with Crippen LogP contribution in [-0.4, -0.2) is 50.9 Å². The molecule has 0 spiro atoms. The molecule has 0 aliphatic carbocycles. The van der Waals surface area contributed by atoms with Gasteiger partial charge in [-0.25, -0.2) is 4.79 Å². The maximum absolute atomic E-state index is 11.7. The topological polar surface area (TPSA) is 123 Å². The SMILES string of the molecule is CON1[C@H](O)[C@@H](CO)O[C@H]1n1ccc(N)nc1=O. The molecule has 0 aromatic carbocycles. The van der Waals surface area contributed by atoms with E-state index in [0.29, 0.717) is 0 Å². The molecule has 0 saturated carbocycles. The number of aliphatic hydroxyl groups is 2. The summed E-state index contributed by atoms with van der Waals surface area (Å²) in [6.45, 7) is -0.408. The summed E-state index contributed by atoms with van der Waals surface area (Å²) in [5, 5.41) is 19.9. The molecule has 3 atom stereocenters. The Hall–Kier alpha value is -1.52. The van der Waals surface area contributed by atoms with Crippen molar-refractivity contribution in [2.75, 3.05) is 19.5 Å². The number of anilines is 1. The van der Waals surface area contributed by atoms with Gasteiger partial charge in [0.05, 0.1) is 13.7 Å². The van der Waals surface area contributed by atoms with Gasteiger partial charge >= 0.3 is 5.69 Å². The van der Waals surface area contributed by atoms with Gasteiger partial charge in [0.25, 0.3) is 0 Å². The highest BCUT2D eigenvalue weighted by molar-refractivity contribution is 5.23. The first-order valence-corrected chi connectivity index (χ1v) is 5.20. The van der Waals surface area contributed by atoms with Crippen molar-refractivity contribution in [3.8, 4) is 0 Å². The fourth-order valence-electron chi connectivity index (χ4n) is 1.70. The lowest BCUT2D eigenvalue weighted by atomic mass is 10.3. The number of hydroxylamine groups is 2. The van der Waals surface area contributed by atoms with Gasteiger partial charge in [-0.15, -0.1) is 5.06 Å². The van der Waals surface area contributed by atoms with Gasteiger partial charge in [0, 0.05) is 6.20 Å². The second-order valence-electron chi connectivity index (χ2n) is 3.68. The highest BCUT2D eigenvalue weighted by atomic mass is 16.8. The van der Waals surface area contributed by atoms with E-state index < -0.39 is 31.0 Å². The lowest BCUT2D eigenvalue weighted by molar-refractivity contribution is -0.257. The van der Waals surface area contributed by atoms with Crippen LogP contribution in [0.4, 0.5) is 5.82 Å². The quantitative estimate of drug-likeness (QED) is 0.561. The van der Waals surface area contributed by atoms with Crippen LogP contribution in [0.25, 0.3) is 0 Å². The third-order valence-electron chi connectivity index (χ3n) is 2.59. The molecule has 4 N–H and O–H groups in total. The van der Waals surface area contributed by atoms with E-state index in [1.807, 2.05) is 0 Å². The van der Waals surface area contributed by atoms with Crippen LogP contribution < -0.4 is 11.4 Å². The van der Waals surface area contributed by atoms with Gasteiger partial charge in [-0.3, -0.25) is 9.40 Å². The minimum Gasteiger partial charge on any atom is -0.394 e. The van der Waals surface area contributed by atoms with Gasteiger partial charge in [-0.2, -0.15) is 4.98 Å². The summed E-state index contributed by atoms with van der Waals surface area (Å²) in [4.78, 5) is 20.1. The average Bonchev–Trinajstić information content (AvgIpc) is 2.65. The summed E-state index contributed by atoms with van der Waals surface area (Å²) in [5.41, 5.74) is 4.73. The predicted octanol–water partition coefficient (Wildman–Crippen LogP) is -2.15. The third kappa shape index (κ3) is 2.09. The minimum atomic E-state index is -1.19. The number of rotatable bonds is 3. The Morgan fingerprint density at radius 1 is 1.67 bits per heavy atom. The van der Waals surface area contributed by atoms with Crippen LogP contribution in [0.1, 0.15) is 6.35 Å². The zero-order chi connectivity index (χ0) is 13.3. The van der Waals surface area contributed by atoms with Gasteiger partial charge in [-0.05, 0) is 6.07 Å². The van der Waals surface area contributed by atoms with Crippen LogP contribution in [0.5, 0.6) is 0 Å². The van der Waals surface area contributed by atoms with E-state index in [0.717, 1.165) is 9.63 Å². The smallest absolute Gasteiger partial charge is 0.352 e. The molecule has 2 rings (SSSR count). The van der Waals surface area contributed by atoms with Gasteiger partial charge in [0.1, 0.15) is 11.9 Å². The molecule has 1 saturated heterocycles. The normalized spacial score (nSPS) is 28.7. The van der Waals surface area contributed by atoms with E-state index >= 15 is 0 Å². The molecule has 2 heterocycles. The molecule has 18 heavy (non-hydrogen) atoms. The number of nitrogens with zero attached hydrogens (tertiary/aromatic N) is 3. The Kier molecular flexibility index (Phi) is 3.59. The lowest BCUT2D eigenvalue weighted by Gasteiger charge is -2.23. The highest BCUT2D eigenvalue weighted by Crippen LogP contribution is 2.28. The number of nitrogens with two attached hydrogens (primary N) is 1. The maximum Gasteiger partial charge on any atom is 0.352 e. The van der Waals surface area contributed by atoms with E-state index in [2.05, 4.69) is 4.98 Å². The summed E-state index contributed by atoms with van der Waals surface area (Å²) in [6, 6.07) is 1.41. The summed E-state index contributed by atoms with van der Waals surface area (Å²) < 4.78 is 6.41. The van der Waals surface area contributed by atoms with Crippen molar-refractivity contribution in [3.05, 3.63) is 22.7 Å². The summed E-state index contributed by atoms with van der Waals surface area (Å²) in [6.07, 6.45) is -1.70. The first kappa shape index (κ1) is 12.9. The van der Waals surface area contributed by atoms with Crippen molar-refractivity contribution >= 4 is 5.82 Å². The van der Waals surface area contributed by atoms with Crippen LogP contribution in [0.2, 0.25) is 0 Å². The average molecular weight is 258 g/mol. The zero-order valence-corrected chi connectivity index (χ0v) is 9.63. The molecule has 9 heteroatoms. The number of aromatic nitrogens is 2. The second kappa shape index (κ2) is 5.00. The third-order valence-corrected chi connectivity index (χ3v) is 2.59. The summed E-state index contributed by atoms with van der Waals surface area (Å²) in [5.74, 6) is 0.0810. The maximum atomic E-state index is 11.7. The highest BCUT2D eigenvalue weighted by Gasteiger charge is 2.43. The van der Waals surface area contributed by atoms with Crippen LogP contribution in [0.15, 0.2) is 17.1 Å². The van der Waals surface area contributed by atoms with E-state index in [9.17, 15) is 9.90 Å². The van der Waals surface area contributed by atoms with Crippen molar-refractivity contribution in [2.24, 2.45) is 0 Å². The molecule has 1 aromatic rings. The molecule has 1 aliphatic heterocycles. The van der Waals surface area contributed by atoms with E-state index in [4.69, 9.17) is 20.4 Å². The van der Waals surface area contributed by atoms with Crippen LogP contribution in [0, 0.1) is 0 Å². The molecule has 1 fully saturated rings. The van der Waals surface area contributed by atoms with Crippen LogP contribution in [-0.2, 0) is 9.57 Å². The van der Waals surface area contributed by atoms with Crippen molar-refractivity contribution < 1.29 is 19.8 Å². The minimum absolute atomic E-state index is 0.0810. The van der Waals surface area contributed by atoms with E-state index in [-0.39, 0.29) is 5.82 Å². The Morgan fingerprint density at radius 2 is 2.39 bits per heavy atom. The van der Waals surface area contributed by atoms with Gasteiger partial charge < -0.3 is 20.7 Å². The number of nitrogen functional groups attached to an aromatic ring is 1.